The van der Waals surface area contributed by atoms with Crippen molar-refractivity contribution in [3.05, 3.63) is 64.7 Å². The van der Waals surface area contributed by atoms with Gasteiger partial charge in [-0.25, -0.2) is 8.78 Å². The molecule has 0 atom stereocenters. The Bertz CT molecular complexity index is 692. The van der Waals surface area contributed by atoms with Gasteiger partial charge in [0.15, 0.2) is 0 Å². The molecular formula is C17H19ClF2N2O. The first kappa shape index (κ1) is 19.1. The van der Waals surface area contributed by atoms with Gasteiger partial charge in [0.2, 0.25) is 0 Å². The van der Waals surface area contributed by atoms with Crippen molar-refractivity contribution in [1.29, 1.82) is 0 Å². The minimum Gasteiger partial charge on any atom is -0.322 e. The van der Waals surface area contributed by atoms with Crippen molar-refractivity contribution in [2.24, 2.45) is 0 Å². The number of amides is 1. The molecule has 6 heteroatoms. The van der Waals surface area contributed by atoms with Crippen molar-refractivity contribution >= 4 is 24.0 Å². The van der Waals surface area contributed by atoms with E-state index in [9.17, 15) is 13.6 Å². The average Bonchev–Trinajstić information content (AvgIpc) is 2.50. The van der Waals surface area contributed by atoms with Crippen LogP contribution in [-0.2, 0) is 6.54 Å². The first-order chi connectivity index (χ1) is 10.5. The summed E-state index contributed by atoms with van der Waals surface area (Å²) in [6.45, 7) is 4.87. The molecule has 124 valence electrons. The number of para-hydroxylation sites is 1. The number of halogens is 3. The maximum atomic E-state index is 13.8. The van der Waals surface area contributed by atoms with Crippen LogP contribution in [0.15, 0.2) is 36.4 Å². The lowest BCUT2D eigenvalue weighted by Gasteiger charge is -2.12. The predicted molar refractivity (Wildman–Crippen MR) is 90.1 cm³/mol. The average molecular weight is 341 g/mol. The van der Waals surface area contributed by atoms with E-state index in [-0.39, 0.29) is 23.5 Å². The van der Waals surface area contributed by atoms with Crippen LogP contribution in [-0.4, -0.2) is 12.5 Å². The second kappa shape index (κ2) is 8.60. The zero-order valence-electron chi connectivity index (χ0n) is 13.0. The molecule has 2 N–H and O–H groups in total. The molecule has 0 radical (unpaired) electrons. The minimum absolute atomic E-state index is 0. The smallest absolute Gasteiger partial charge is 0.258 e. The van der Waals surface area contributed by atoms with Crippen molar-refractivity contribution in [2.75, 3.05) is 11.9 Å². The Morgan fingerprint density at radius 1 is 1.13 bits per heavy atom. The fraction of sp³-hybridized carbons (Fsp3) is 0.235. The molecule has 0 heterocycles. The summed E-state index contributed by atoms with van der Waals surface area (Å²) in [5.41, 5.74) is 1.57. The molecule has 0 unspecified atom stereocenters. The molecular weight excluding hydrogens is 322 g/mol. The Hall–Kier alpha value is -1.98. The minimum atomic E-state index is -0.871. The van der Waals surface area contributed by atoms with E-state index in [0.717, 1.165) is 18.2 Å². The topological polar surface area (TPSA) is 41.1 Å². The van der Waals surface area contributed by atoms with Gasteiger partial charge >= 0.3 is 0 Å². The van der Waals surface area contributed by atoms with Crippen LogP contribution in [0.2, 0.25) is 0 Å². The first-order valence-electron chi connectivity index (χ1n) is 7.08. The maximum absolute atomic E-state index is 13.8. The Morgan fingerprint density at radius 2 is 1.83 bits per heavy atom. The lowest BCUT2D eigenvalue weighted by atomic mass is 10.1. The number of carbonyl (C=O) groups excluding carboxylic acids is 1. The molecule has 0 aromatic heterocycles. The van der Waals surface area contributed by atoms with Gasteiger partial charge in [0, 0.05) is 18.3 Å². The first-order valence-corrected chi connectivity index (χ1v) is 7.08. The number of nitrogens with one attached hydrogen (secondary N) is 2. The molecule has 0 saturated heterocycles. The van der Waals surface area contributed by atoms with Crippen molar-refractivity contribution in [3.63, 3.8) is 0 Å². The van der Waals surface area contributed by atoms with E-state index in [2.05, 4.69) is 10.6 Å². The van der Waals surface area contributed by atoms with Crippen LogP contribution >= 0.6 is 12.4 Å². The number of rotatable bonds is 5. The summed E-state index contributed by atoms with van der Waals surface area (Å²) >= 11 is 0. The molecule has 0 aliphatic carbocycles. The molecule has 2 aromatic carbocycles. The van der Waals surface area contributed by atoms with E-state index in [1.807, 2.05) is 19.1 Å². The molecule has 0 bridgehead atoms. The summed E-state index contributed by atoms with van der Waals surface area (Å²) in [5.74, 6) is -2.13. The predicted octanol–water partition coefficient (Wildman–Crippen LogP) is 4.06. The van der Waals surface area contributed by atoms with E-state index >= 15 is 0 Å². The van der Waals surface area contributed by atoms with E-state index in [4.69, 9.17) is 0 Å². The second-order valence-corrected chi connectivity index (χ2v) is 4.97. The second-order valence-electron chi connectivity index (χ2n) is 4.97. The van der Waals surface area contributed by atoms with Gasteiger partial charge in [-0.05, 0) is 36.7 Å². The number of hydrogen-bond donors (Lipinski definition) is 2. The van der Waals surface area contributed by atoms with E-state index < -0.39 is 17.5 Å². The number of carbonyl (C=O) groups is 1. The van der Waals surface area contributed by atoms with Gasteiger partial charge < -0.3 is 10.6 Å². The molecule has 2 aromatic rings. The summed E-state index contributed by atoms with van der Waals surface area (Å²) in [5, 5.41) is 5.85. The van der Waals surface area contributed by atoms with Crippen LogP contribution in [0.5, 0.6) is 0 Å². The Balaban J connectivity index is 0.00000264. The number of benzene rings is 2. The molecule has 23 heavy (non-hydrogen) atoms. The van der Waals surface area contributed by atoms with Gasteiger partial charge in [-0.2, -0.15) is 0 Å². The van der Waals surface area contributed by atoms with Gasteiger partial charge in [-0.1, -0.05) is 25.1 Å². The lowest BCUT2D eigenvalue weighted by Crippen LogP contribution is -2.18. The fourth-order valence-electron chi connectivity index (χ4n) is 2.08. The van der Waals surface area contributed by atoms with Crippen molar-refractivity contribution in [3.8, 4) is 0 Å². The van der Waals surface area contributed by atoms with Crippen LogP contribution in [0, 0.1) is 18.6 Å². The monoisotopic (exact) mass is 340 g/mol. The molecule has 2 rings (SSSR count). The molecule has 1 amide bonds. The third-order valence-corrected chi connectivity index (χ3v) is 3.32. The molecule has 0 saturated carbocycles. The Labute approximate surface area is 140 Å². The number of aryl methyl sites for hydroxylation is 1. The van der Waals surface area contributed by atoms with Crippen LogP contribution < -0.4 is 10.6 Å². The summed E-state index contributed by atoms with van der Waals surface area (Å²) in [6, 6.07) is 9.23. The van der Waals surface area contributed by atoms with Crippen molar-refractivity contribution in [2.45, 2.75) is 20.4 Å². The summed E-state index contributed by atoms with van der Waals surface area (Å²) in [7, 11) is 0. The van der Waals surface area contributed by atoms with E-state index in [1.165, 1.54) is 13.0 Å². The van der Waals surface area contributed by atoms with Crippen LogP contribution in [0.4, 0.5) is 14.5 Å². The summed E-state index contributed by atoms with van der Waals surface area (Å²) in [4.78, 5) is 12.2. The van der Waals surface area contributed by atoms with Gasteiger partial charge in [-0.15, -0.1) is 12.4 Å². The van der Waals surface area contributed by atoms with Gasteiger partial charge in [0.05, 0.1) is 5.56 Å². The standard InChI is InChI=1S/C17H18F2N2O.ClH/c1-3-20-10-12-6-4-5-7-16(12)21-17(22)13-8-11(2)14(18)9-15(13)19;/h4-9,20H,3,10H2,1-2H3,(H,21,22);1H. The third-order valence-electron chi connectivity index (χ3n) is 3.32. The maximum Gasteiger partial charge on any atom is 0.258 e. The van der Waals surface area contributed by atoms with Crippen molar-refractivity contribution < 1.29 is 13.6 Å². The lowest BCUT2D eigenvalue weighted by molar-refractivity contribution is 0.102. The normalized spacial score (nSPS) is 10.1. The van der Waals surface area contributed by atoms with Crippen LogP contribution in [0.1, 0.15) is 28.4 Å². The van der Waals surface area contributed by atoms with Crippen molar-refractivity contribution in [1.82, 2.24) is 5.32 Å². The largest absolute Gasteiger partial charge is 0.322 e. The molecule has 0 spiro atoms. The summed E-state index contributed by atoms with van der Waals surface area (Å²) < 4.78 is 27.0. The fourth-order valence-corrected chi connectivity index (χ4v) is 2.08. The van der Waals surface area contributed by atoms with Gasteiger partial charge in [-0.3, -0.25) is 4.79 Å². The van der Waals surface area contributed by atoms with Gasteiger partial charge in [0.25, 0.3) is 5.91 Å². The molecule has 0 aliphatic rings. The number of anilines is 1. The zero-order valence-corrected chi connectivity index (χ0v) is 13.8. The summed E-state index contributed by atoms with van der Waals surface area (Å²) in [6.07, 6.45) is 0. The zero-order chi connectivity index (χ0) is 16.1. The highest BCUT2D eigenvalue weighted by Crippen LogP contribution is 2.19. The third kappa shape index (κ3) is 4.74. The van der Waals surface area contributed by atoms with Crippen LogP contribution in [0.3, 0.4) is 0 Å². The SMILES string of the molecule is CCNCc1ccccc1NC(=O)c1cc(C)c(F)cc1F.Cl. The van der Waals surface area contributed by atoms with Gasteiger partial charge in [0.1, 0.15) is 11.6 Å². The number of hydrogen-bond acceptors (Lipinski definition) is 2. The quantitative estimate of drug-likeness (QED) is 0.862. The van der Waals surface area contributed by atoms with E-state index in [1.54, 1.807) is 12.1 Å². The van der Waals surface area contributed by atoms with Crippen LogP contribution in [0.25, 0.3) is 0 Å². The Morgan fingerprint density at radius 3 is 2.52 bits per heavy atom. The molecule has 0 aliphatic heterocycles. The highest BCUT2D eigenvalue weighted by Gasteiger charge is 2.15. The Kier molecular flexibility index (Phi) is 7.13. The highest BCUT2D eigenvalue weighted by atomic mass is 35.5. The molecule has 3 nitrogen and oxygen atoms in total. The highest BCUT2D eigenvalue weighted by molar-refractivity contribution is 6.05. The van der Waals surface area contributed by atoms with E-state index in [0.29, 0.717) is 12.2 Å². The molecule has 0 fully saturated rings.